The molecule has 3 heteroatoms. The van der Waals surface area contributed by atoms with Crippen LogP contribution in [-0.4, -0.2) is 21.4 Å². The number of aromatic hydroxyl groups is 1. The normalized spacial score (nSPS) is 13.2. The Labute approximate surface area is 94.9 Å². The van der Waals surface area contributed by atoms with E-state index in [1.807, 2.05) is 13.0 Å². The molecule has 1 unspecified atom stereocenters. The van der Waals surface area contributed by atoms with E-state index >= 15 is 0 Å². The van der Waals surface area contributed by atoms with Gasteiger partial charge in [0.2, 0.25) is 0 Å². The maximum atomic E-state index is 9.49. The first kappa shape index (κ1) is 11.0. The van der Waals surface area contributed by atoms with E-state index in [1.165, 1.54) is 0 Å². The van der Waals surface area contributed by atoms with Crippen LogP contribution >= 0.6 is 0 Å². The SMILES string of the molecule is CCn1c(C(C)CO)cc2ccc(O)cc21. The molecule has 1 heterocycles. The van der Waals surface area contributed by atoms with Crippen molar-refractivity contribution in [2.75, 3.05) is 6.61 Å². The van der Waals surface area contributed by atoms with E-state index in [1.54, 1.807) is 12.1 Å². The van der Waals surface area contributed by atoms with Crippen LogP contribution in [0, 0.1) is 0 Å². The first-order chi connectivity index (χ1) is 7.67. The van der Waals surface area contributed by atoms with Crippen LogP contribution in [0.2, 0.25) is 0 Å². The Morgan fingerprint density at radius 1 is 1.31 bits per heavy atom. The van der Waals surface area contributed by atoms with E-state index in [0.29, 0.717) is 0 Å². The minimum absolute atomic E-state index is 0.120. The minimum atomic E-state index is 0.120. The number of rotatable bonds is 3. The number of phenols is 1. The lowest BCUT2D eigenvalue weighted by Crippen LogP contribution is -2.07. The zero-order valence-electron chi connectivity index (χ0n) is 9.64. The lowest BCUT2D eigenvalue weighted by Gasteiger charge is -2.12. The average molecular weight is 219 g/mol. The second-order valence-corrected chi connectivity index (χ2v) is 4.14. The summed E-state index contributed by atoms with van der Waals surface area (Å²) in [5, 5.41) is 19.8. The molecule has 2 rings (SSSR count). The molecular weight excluding hydrogens is 202 g/mol. The third-order valence-electron chi connectivity index (χ3n) is 3.01. The Hall–Kier alpha value is -1.48. The second kappa shape index (κ2) is 4.18. The van der Waals surface area contributed by atoms with Gasteiger partial charge in [-0.2, -0.15) is 0 Å². The zero-order valence-corrected chi connectivity index (χ0v) is 9.64. The summed E-state index contributed by atoms with van der Waals surface area (Å²) < 4.78 is 2.13. The number of hydrogen-bond acceptors (Lipinski definition) is 2. The van der Waals surface area contributed by atoms with Crippen molar-refractivity contribution in [3.63, 3.8) is 0 Å². The number of benzene rings is 1. The molecule has 3 nitrogen and oxygen atoms in total. The van der Waals surface area contributed by atoms with E-state index in [4.69, 9.17) is 0 Å². The van der Waals surface area contributed by atoms with E-state index in [2.05, 4.69) is 17.6 Å². The molecule has 0 bridgehead atoms. The van der Waals surface area contributed by atoms with Gasteiger partial charge in [0.1, 0.15) is 5.75 Å². The Kier molecular flexibility index (Phi) is 2.88. The molecule has 0 radical (unpaired) electrons. The van der Waals surface area contributed by atoms with Gasteiger partial charge in [-0.15, -0.1) is 0 Å². The first-order valence-corrected chi connectivity index (χ1v) is 5.60. The van der Waals surface area contributed by atoms with Gasteiger partial charge < -0.3 is 14.8 Å². The molecule has 0 amide bonds. The highest BCUT2D eigenvalue weighted by molar-refractivity contribution is 5.83. The fraction of sp³-hybridized carbons (Fsp3) is 0.385. The highest BCUT2D eigenvalue weighted by Gasteiger charge is 2.13. The van der Waals surface area contributed by atoms with Crippen LogP contribution in [0.5, 0.6) is 5.75 Å². The molecule has 0 aliphatic rings. The number of aromatic nitrogens is 1. The number of hydrogen-bond donors (Lipinski definition) is 2. The maximum Gasteiger partial charge on any atom is 0.117 e. The van der Waals surface area contributed by atoms with Gasteiger partial charge in [0, 0.05) is 29.6 Å². The molecule has 0 fully saturated rings. The van der Waals surface area contributed by atoms with Crippen LogP contribution in [-0.2, 0) is 6.54 Å². The predicted molar refractivity (Wildman–Crippen MR) is 64.8 cm³/mol. The number of aryl methyl sites for hydroxylation is 1. The van der Waals surface area contributed by atoms with Crippen LogP contribution in [0.15, 0.2) is 24.3 Å². The predicted octanol–water partition coefficient (Wildman–Crippen LogP) is 2.46. The molecule has 2 aromatic rings. The highest BCUT2D eigenvalue weighted by atomic mass is 16.3. The molecule has 1 atom stereocenters. The van der Waals surface area contributed by atoms with Gasteiger partial charge in [-0.3, -0.25) is 0 Å². The van der Waals surface area contributed by atoms with Crippen molar-refractivity contribution in [1.82, 2.24) is 4.57 Å². The van der Waals surface area contributed by atoms with Crippen LogP contribution in [0.25, 0.3) is 10.9 Å². The summed E-state index contributed by atoms with van der Waals surface area (Å²) in [5.41, 5.74) is 2.14. The third kappa shape index (κ3) is 1.67. The Bertz CT molecular complexity index is 502. The first-order valence-electron chi connectivity index (χ1n) is 5.60. The summed E-state index contributed by atoms with van der Waals surface area (Å²) in [4.78, 5) is 0. The molecule has 0 saturated heterocycles. The summed E-state index contributed by atoms with van der Waals surface area (Å²) in [7, 11) is 0. The molecule has 0 aliphatic carbocycles. The fourth-order valence-electron chi connectivity index (χ4n) is 2.12. The van der Waals surface area contributed by atoms with Gasteiger partial charge in [-0.25, -0.2) is 0 Å². The van der Waals surface area contributed by atoms with Crippen molar-refractivity contribution in [2.24, 2.45) is 0 Å². The Morgan fingerprint density at radius 3 is 2.69 bits per heavy atom. The monoisotopic (exact) mass is 219 g/mol. The van der Waals surface area contributed by atoms with Gasteiger partial charge in [0.05, 0.1) is 12.1 Å². The molecular formula is C13H17NO2. The van der Waals surface area contributed by atoms with Crippen molar-refractivity contribution < 1.29 is 10.2 Å². The van der Waals surface area contributed by atoms with Crippen LogP contribution in [0.3, 0.4) is 0 Å². The van der Waals surface area contributed by atoms with Gasteiger partial charge >= 0.3 is 0 Å². The maximum absolute atomic E-state index is 9.49. The quantitative estimate of drug-likeness (QED) is 0.833. The van der Waals surface area contributed by atoms with E-state index in [-0.39, 0.29) is 18.3 Å². The summed E-state index contributed by atoms with van der Waals surface area (Å²) in [6.45, 7) is 5.05. The fourth-order valence-corrected chi connectivity index (χ4v) is 2.12. The van der Waals surface area contributed by atoms with E-state index < -0.39 is 0 Å². The number of aliphatic hydroxyl groups is 1. The molecule has 1 aromatic heterocycles. The summed E-state index contributed by atoms with van der Waals surface area (Å²) in [6.07, 6.45) is 0. The molecule has 16 heavy (non-hydrogen) atoms. The minimum Gasteiger partial charge on any atom is -0.508 e. The van der Waals surface area contributed by atoms with Crippen LogP contribution in [0.4, 0.5) is 0 Å². The molecule has 2 N–H and O–H groups in total. The largest absolute Gasteiger partial charge is 0.508 e. The lowest BCUT2D eigenvalue weighted by molar-refractivity contribution is 0.269. The Balaban J connectivity index is 2.66. The molecule has 0 spiro atoms. The van der Waals surface area contributed by atoms with Crippen molar-refractivity contribution in [1.29, 1.82) is 0 Å². The molecule has 1 aromatic carbocycles. The molecule has 0 saturated carbocycles. The second-order valence-electron chi connectivity index (χ2n) is 4.14. The van der Waals surface area contributed by atoms with Crippen LogP contribution < -0.4 is 0 Å². The summed E-state index contributed by atoms with van der Waals surface area (Å²) in [5.74, 6) is 0.401. The third-order valence-corrected chi connectivity index (χ3v) is 3.01. The van der Waals surface area contributed by atoms with Crippen molar-refractivity contribution in [2.45, 2.75) is 26.3 Å². The average Bonchev–Trinajstić information content (AvgIpc) is 2.65. The number of fused-ring (bicyclic) bond motifs is 1. The van der Waals surface area contributed by atoms with Crippen LogP contribution in [0.1, 0.15) is 25.5 Å². The summed E-state index contributed by atoms with van der Waals surface area (Å²) >= 11 is 0. The molecule has 86 valence electrons. The summed E-state index contributed by atoms with van der Waals surface area (Å²) in [6, 6.07) is 7.45. The number of nitrogens with zero attached hydrogens (tertiary/aromatic N) is 1. The smallest absolute Gasteiger partial charge is 0.117 e. The van der Waals surface area contributed by atoms with E-state index in [0.717, 1.165) is 23.1 Å². The van der Waals surface area contributed by atoms with Crippen molar-refractivity contribution in [3.8, 4) is 5.75 Å². The number of aliphatic hydroxyl groups excluding tert-OH is 1. The van der Waals surface area contributed by atoms with Gasteiger partial charge in [-0.1, -0.05) is 6.92 Å². The molecule has 0 aliphatic heterocycles. The van der Waals surface area contributed by atoms with Gasteiger partial charge in [0.15, 0.2) is 0 Å². The van der Waals surface area contributed by atoms with Gasteiger partial charge in [0.25, 0.3) is 0 Å². The highest BCUT2D eigenvalue weighted by Crippen LogP contribution is 2.27. The van der Waals surface area contributed by atoms with Gasteiger partial charge in [-0.05, 0) is 25.1 Å². The van der Waals surface area contributed by atoms with E-state index in [9.17, 15) is 10.2 Å². The van der Waals surface area contributed by atoms with Crippen molar-refractivity contribution in [3.05, 3.63) is 30.0 Å². The number of phenolic OH excluding ortho intramolecular Hbond substituents is 1. The standard InChI is InChI=1S/C13H17NO2/c1-3-14-12(9(2)8-15)6-10-4-5-11(16)7-13(10)14/h4-7,9,15-16H,3,8H2,1-2H3. The van der Waals surface area contributed by atoms with Crippen molar-refractivity contribution >= 4 is 10.9 Å². The lowest BCUT2D eigenvalue weighted by atomic mass is 10.1. The topological polar surface area (TPSA) is 45.4 Å². The Morgan fingerprint density at radius 2 is 2.06 bits per heavy atom. The zero-order chi connectivity index (χ0) is 11.7.